The van der Waals surface area contributed by atoms with Gasteiger partial charge in [0.1, 0.15) is 5.75 Å². The van der Waals surface area contributed by atoms with Crippen molar-refractivity contribution in [2.45, 2.75) is 11.3 Å². The topological polar surface area (TPSA) is 76.0 Å². The molecule has 0 aliphatic carbocycles. The lowest BCUT2D eigenvalue weighted by molar-refractivity contribution is -0.119. The summed E-state index contributed by atoms with van der Waals surface area (Å²) in [6, 6.07) is 13.5. The third kappa shape index (κ3) is 4.71. The van der Waals surface area contributed by atoms with E-state index in [0.717, 1.165) is 0 Å². The van der Waals surface area contributed by atoms with Gasteiger partial charge in [0.05, 0.1) is 17.5 Å². The first-order chi connectivity index (χ1) is 13.8. The molecule has 0 bridgehead atoms. The summed E-state index contributed by atoms with van der Waals surface area (Å²) in [5.41, 5.74) is 0.708. The lowest BCUT2D eigenvalue weighted by atomic mass is 10.2. The van der Waals surface area contributed by atoms with Gasteiger partial charge in [-0.1, -0.05) is 41.0 Å². The summed E-state index contributed by atoms with van der Waals surface area (Å²) in [5.74, 6) is 0.133. The van der Waals surface area contributed by atoms with E-state index >= 15 is 0 Å². The molecule has 10 heteroatoms. The number of ether oxygens (including phenoxy) is 1. The van der Waals surface area contributed by atoms with Gasteiger partial charge in [-0.3, -0.25) is 4.79 Å². The molecule has 2 heterocycles. The van der Waals surface area contributed by atoms with Crippen LogP contribution in [0.3, 0.4) is 0 Å². The third-order valence-electron chi connectivity index (χ3n) is 4.55. The fourth-order valence-corrected chi connectivity index (χ4v) is 7.55. The van der Waals surface area contributed by atoms with Crippen LogP contribution in [0.25, 0.3) is 0 Å². The van der Waals surface area contributed by atoms with E-state index in [0.29, 0.717) is 26.6 Å². The number of anilines is 1. The quantitative estimate of drug-likeness (QED) is 0.678. The van der Waals surface area contributed by atoms with Crippen molar-refractivity contribution in [3.8, 4) is 5.75 Å². The fraction of sp³-hybridized carbons (Fsp3) is 0.263. The lowest BCUT2D eigenvalue weighted by Gasteiger charge is -2.24. The van der Waals surface area contributed by atoms with Crippen LogP contribution in [0.1, 0.15) is 0 Å². The second-order valence-corrected chi connectivity index (χ2v) is 10.9. The van der Waals surface area contributed by atoms with Crippen molar-refractivity contribution in [2.24, 2.45) is 4.99 Å². The van der Waals surface area contributed by atoms with E-state index in [9.17, 15) is 13.2 Å². The Morgan fingerprint density at radius 1 is 1.14 bits per heavy atom. The summed E-state index contributed by atoms with van der Waals surface area (Å²) in [5, 5.41) is 1.38. The molecule has 2 atom stereocenters. The number of thioether (sulfide) groups is 1. The van der Waals surface area contributed by atoms with E-state index in [-0.39, 0.29) is 29.4 Å². The van der Waals surface area contributed by atoms with Crippen molar-refractivity contribution < 1.29 is 17.9 Å². The molecule has 152 valence electrons. The fourth-order valence-electron chi connectivity index (χ4n) is 3.31. The Hall–Kier alpha value is -1.74. The predicted octanol–water partition coefficient (Wildman–Crippen LogP) is 3.67. The second-order valence-electron chi connectivity index (χ2n) is 6.68. The number of rotatable bonds is 4. The Kier molecular flexibility index (Phi) is 5.79. The minimum atomic E-state index is -3.13. The molecule has 2 saturated heterocycles. The number of carbonyl (C=O) groups excluding carboxylic acids is 1. The molecule has 2 aliphatic rings. The van der Waals surface area contributed by atoms with Crippen LogP contribution in [0.4, 0.5) is 5.69 Å². The molecule has 0 N–H and O–H groups in total. The zero-order chi connectivity index (χ0) is 20.6. The van der Waals surface area contributed by atoms with Crippen LogP contribution in [0.15, 0.2) is 53.5 Å². The molecule has 2 aromatic rings. The van der Waals surface area contributed by atoms with E-state index in [2.05, 4.69) is 4.99 Å². The number of aliphatic imine (C=N–C) groups is 1. The number of sulfone groups is 1. The number of amidine groups is 1. The van der Waals surface area contributed by atoms with Crippen molar-refractivity contribution >= 4 is 61.6 Å². The molecule has 1 amide bonds. The molecule has 2 aromatic carbocycles. The van der Waals surface area contributed by atoms with Gasteiger partial charge in [0.2, 0.25) is 0 Å². The van der Waals surface area contributed by atoms with Crippen molar-refractivity contribution in [1.29, 1.82) is 0 Å². The SMILES string of the molecule is O=C(COc1ccc(Cl)cc1)N=C1S[C@@H]2CS(=O)(=O)C[C@@H]2N1c1cccc(Cl)c1. The first-order valence-electron chi connectivity index (χ1n) is 8.72. The normalized spacial score (nSPS) is 23.9. The number of halogens is 2. The number of hydrogen-bond acceptors (Lipinski definition) is 5. The standard InChI is InChI=1S/C19H16Cl2N2O4S2/c20-12-4-6-15(7-5-12)27-9-18(24)22-19-23(14-3-1-2-13(21)8-14)16-10-29(25,26)11-17(16)28-19/h1-8,16-17H,9-11H2/t16-,17+/m0/s1. The highest BCUT2D eigenvalue weighted by molar-refractivity contribution is 8.16. The Morgan fingerprint density at radius 2 is 1.90 bits per heavy atom. The largest absolute Gasteiger partial charge is 0.484 e. The van der Waals surface area contributed by atoms with E-state index in [1.54, 1.807) is 47.4 Å². The first-order valence-corrected chi connectivity index (χ1v) is 12.2. The van der Waals surface area contributed by atoms with Gasteiger partial charge in [-0.15, -0.1) is 0 Å². The predicted molar refractivity (Wildman–Crippen MR) is 117 cm³/mol. The van der Waals surface area contributed by atoms with Gasteiger partial charge in [0, 0.05) is 21.0 Å². The number of benzene rings is 2. The number of hydrogen-bond donors (Lipinski definition) is 0. The van der Waals surface area contributed by atoms with Crippen molar-refractivity contribution in [2.75, 3.05) is 23.0 Å². The van der Waals surface area contributed by atoms with Gasteiger partial charge >= 0.3 is 0 Å². The minimum absolute atomic E-state index is 0.0195. The molecule has 0 aromatic heterocycles. The molecule has 0 spiro atoms. The molecular formula is C19H16Cl2N2O4S2. The van der Waals surface area contributed by atoms with Crippen LogP contribution < -0.4 is 9.64 Å². The minimum Gasteiger partial charge on any atom is -0.484 e. The molecule has 4 rings (SSSR count). The van der Waals surface area contributed by atoms with Gasteiger partial charge in [-0.2, -0.15) is 4.99 Å². The van der Waals surface area contributed by atoms with Crippen LogP contribution in [0.2, 0.25) is 10.0 Å². The highest BCUT2D eigenvalue weighted by Crippen LogP contribution is 2.41. The van der Waals surface area contributed by atoms with Crippen molar-refractivity contribution in [3.63, 3.8) is 0 Å². The number of fused-ring (bicyclic) bond motifs is 1. The smallest absolute Gasteiger partial charge is 0.285 e. The summed E-state index contributed by atoms with van der Waals surface area (Å²) in [4.78, 5) is 18.4. The molecule has 0 unspecified atom stereocenters. The maximum Gasteiger partial charge on any atom is 0.285 e. The van der Waals surface area contributed by atoms with Gasteiger partial charge in [0.15, 0.2) is 21.6 Å². The Balaban J connectivity index is 1.56. The number of nitrogens with zero attached hydrogens (tertiary/aromatic N) is 2. The van der Waals surface area contributed by atoms with Gasteiger partial charge in [-0.25, -0.2) is 8.42 Å². The third-order valence-corrected chi connectivity index (χ3v) is 8.25. The maximum atomic E-state index is 12.4. The van der Waals surface area contributed by atoms with Crippen LogP contribution in [-0.4, -0.2) is 48.9 Å². The molecule has 29 heavy (non-hydrogen) atoms. The molecule has 0 saturated carbocycles. The molecule has 6 nitrogen and oxygen atoms in total. The van der Waals surface area contributed by atoms with E-state index in [4.69, 9.17) is 27.9 Å². The van der Waals surface area contributed by atoms with Gasteiger partial charge in [-0.05, 0) is 42.5 Å². The van der Waals surface area contributed by atoms with Gasteiger partial charge in [0.25, 0.3) is 5.91 Å². The highest BCUT2D eigenvalue weighted by atomic mass is 35.5. The van der Waals surface area contributed by atoms with E-state index < -0.39 is 15.7 Å². The Morgan fingerprint density at radius 3 is 2.62 bits per heavy atom. The number of carbonyl (C=O) groups is 1. The van der Waals surface area contributed by atoms with Crippen LogP contribution in [0, 0.1) is 0 Å². The van der Waals surface area contributed by atoms with E-state index in [1.165, 1.54) is 11.8 Å². The zero-order valence-corrected chi connectivity index (χ0v) is 18.1. The summed E-state index contributed by atoms with van der Waals surface area (Å²) >= 11 is 13.3. The maximum absolute atomic E-state index is 12.4. The van der Waals surface area contributed by atoms with Crippen molar-refractivity contribution in [3.05, 3.63) is 58.6 Å². The highest BCUT2D eigenvalue weighted by Gasteiger charge is 2.49. The summed E-state index contributed by atoms with van der Waals surface area (Å²) in [6.45, 7) is -0.233. The zero-order valence-electron chi connectivity index (χ0n) is 15.0. The first kappa shape index (κ1) is 20.5. The molecular weight excluding hydrogens is 455 g/mol. The molecule has 0 radical (unpaired) electrons. The monoisotopic (exact) mass is 470 g/mol. The summed E-state index contributed by atoms with van der Waals surface area (Å²) in [7, 11) is -3.13. The van der Waals surface area contributed by atoms with Gasteiger partial charge < -0.3 is 9.64 Å². The van der Waals surface area contributed by atoms with Crippen LogP contribution in [0.5, 0.6) is 5.75 Å². The van der Waals surface area contributed by atoms with Crippen LogP contribution in [-0.2, 0) is 14.6 Å². The van der Waals surface area contributed by atoms with Crippen LogP contribution >= 0.6 is 35.0 Å². The van der Waals surface area contributed by atoms with Crippen molar-refractivity contribution in [1.82, 2.24) is 0 Å². The number of amides is 1. The molecule has 2 aliphatic heterocycles. The second kappa shape index (κ2) is 8.18. The Bertz CT molecular complexity index is 1070. The Labute approximate surface area is 182 Å². The average Bonchev–Trinajstić information content (AvgIpc) is 3.12. The average molecular weight is 471 g/mol. The lowest BCUT2D eigenvalue weighted by Crippen LogP contribution is -2.37. The summed E-state index contributed by atoms with van der Waals surface area (Å²) < 4.78 is 29.7. The summed E-state index contributed by atoms with van der Waals surface area (Å²) in [6.07, 6.45) is 0. The van der Waals surface area contributed by atoms with E-state index in [1.807, 2.05) is 6.07 Å². The molecule has 2 fully saturated rings.